The van der Waals surface area contributed by atoms with Crippen molar-refractivity contribution in [3.63, 3.8) is 0 Å². The number of carbonyl (C=O) groups is 3. The Morgan fingerprint density at radius 2 is 1.84 bits per heavy atom. The van der Waals surface area contributed by atoms with E-state index >= 15 is 0 Å². The van der Waals surface area contributed by atoms with Gasteiger partial charge in [0.1, 0.15) is 0 Å². The summed E-state index contributed by atoms with van der Waals surface area (Å²) in [5.41, 5.74) is 1.66. The molecule has 0 fully saturated rings. The third kappa shape index (κ3) is 5.18. The summed E-state index contributed by atoms with van der Waals surface area (Å²) < 4.78 is 10.3. The number of benzene rings is 1. The van der Waals surface area contributed by atoms with Gasteiger partial charge < -0.3 is 19.8 Å². The minimum absolute atomic E-state index is 0.106. The van der Waals surface area contributed by atoms with Crippen LogP contribution in [0.15, 0.2) is 39.4 Å². The summed E-state index contributed by atoms with van der Waals surface area (Å²) in [5.74, 6) is -0.860. The Kier molecular flexibility index (Phi) is 6.35. The molecule has 0 aliphatic heterocycles. The molecule has 0 aliphatic rings. The SMILES string of the molecule is COC(=O)CCNC(=O)c1ccc(NC(=O)c2oc(Br)cc2C)cc1. The molecule has 1 aromatic heterocycles. The van der Waals surface area contributed by atoms with Crippen molar-refractivity contribution < 1.29 is 23.5 Å². The van der Waals surface area contributed by atoms with Crippen LogP contribution in [0.4, 0.5) is 5.69 Å². The number of hydrogen-bond donors (Lipinski definition) is 2. The Morgan fingerprint density at radius 1 is 1.16 bits per heavy atom. The number of anilines is 1. The van der Waals surface area contributed by atoms with E-state index in [1.54, 1.807) is 37.3 Å². The average Bonchev–Trinajstić information content (AvgIpc) is 2.93. The van der Waals surface area contributed by atoms with E-state index in [1.807, 2.05) is 0 Å². The van der Waals surface area contributed by atoms with Crippen molar-refractivity contribution in [2.75, 3.05) is 19.0 Å². The Labute approximate surface area is 152 Å². The second-order valence-corrected chi connectivity index (χ2v) is 5.96. The Balaban J connectivity index is 1.93. The first kappa shape index (κ1) is 18.7. The zero-order valence-electron chi connectivity index (χ0n) is 13.7. The number of methoxy groups -OCH3 is 1. The molecule has 0 aliphatic carbocycles. The number of amides is 2. The van der Waals surface area contributed by atoms with E-state index < -0.39 is 5.97 Å². The maximum atomic E-state index is 12.2. The van der Waals surface area contributed by atoms with Crippen LogP contribution in [0.3, 0.4) is 0 Å². The maximum absolute atomic E-state index is 12.2. The molecule has 0 atom stereocenters. The third-order valence-corrected chi connectivity index (χ3v) is 3.73. The monoisotopic (exact) mass is 408 g/mol. The second-order valence-electron chi connectivity index (χ2n) is 5.18. The van der Waals surface area contributed by atoms with Gasteiger partial charge in [0, 0.05) is 23.4 Å². The predicted molar refractivity (Wildman–Crippen MR) is 94.5 cm³/mol. The Morgan fingerprint density at radius 3 is 2.40 bits per heavy atom. The zero-order valence-corrected chi connectivity index (χ0v) is 15.3. The van der Waals surface area contributed by atoms with Crippen LogP contribution in [0.1, 0.15) is 32.9 Å². The second kappa shape index (κ2) is 8.48. The lowest BCUT2D eigenvalue weighted by Crippen LogP contribution is -2.26. The molecule has 0 radical (unpaired) electrons. The summed E-state index contributed by atoms with van der Waals surface area (Å²) in [7, 11) is 1.29. The highest BCUT2D eigenvalue weighted by Gasteiger charge is 2.15. The van der Waals surface area contributed by atoms with Gasteiger partial charge in [-0.25, -0.2) is 0 Å². The smallest absolute Gasteiger partial charge is 0.307 e. The Bertz CT molecular complexity index is 783. The highest BCUT2D eigenvalue weighted by Crippen LogP contribution is 2.21. The van der Waals surface area contributed by atoms with E-state index in [0.717, 1.165) is 0 Å². The highest BCUT2D eigenvalue weighted by molar-refractivity contribution is 9.10. The topological polar surface area (TPSA) is 97.6 Å². The fourth-order valence-electron chi connectivity index (χ4n) is 2.04. The molecule has 25 heavy (non-hydrogen) atoms. The lowest BCUT2D eigenvalue weighted by atomic mass is 10.2. The van der Waals surface area contributed by atoms with Crippen LogP contribution in [0.5, 0.6) is 0 Å². The van der Waals surface area contributed by atoms with E-state index in [4.69, 9.17) is 4.42 Å². The molecule has 0 saturated heterocycles. The lowest BCUT2D eigenvalue weighted by molar-refractivity contribution is -0.140. The highest BCUT2D eigenvalue weighted by atomic mass is 79.9. The summed E-state index contributed by atoms with van der Waals surface area (Å²) in [6.45, 7) is 1.96. The van der Waals surface area contributed by atoms with Crippen LogP contribution in [0.2, 0.25) is 0 Å². The lowest BCUT2D eigenvalue weighted by Gasteiger charge is -2.07. The van der Waals surface area contributed by atoms with Gasteiger partial charge in [-0.05, 0) is 53.2 Å². The summed E-state index contributed by atoms with van der Waals surface area (Å²) in [4.78, 5) is 35.1. The zero-order chi connectivity index (χ0) is 18.4. The van der Waals surface area contributed by atoms with E-state index in [2.05, 4.69) is 31.3 Å². The van der Waals surface area contributed by atoms with Crippen molar-refractivity contribution in [2.24, 2.45) is 0 Å². The molecule has 2 rings (SSSR count). The number of hydrogen-bond acceptors (Lipinski definition) is 5. The van der Waals surface area contributed by atoms with Crippen molar-refractivity contribution in [2.45, 2.75) is 13.3 Å². The number of rotatable bonds is 6. The van der Waals surface area contributed by atoms with E-state index in [1.165, 1.54) is 7.11 Å². The van der Waals surface area contributed by atoms with Crippen LogP contribution in [-0.2, 0) is 9.53 Å². The molecule has 0 spiro atoms. The normalized spacial score (nSPS) is 10.2. The summed E-state index contributed by atoms with van der Waals surface area (Å²) in [6, 6.07) is 8.08. The summed E-state index contributed by atoms with van der Waals surface area (Å²) in [5, 5.41) is 5.31. The number of furan rings is 1. The van der Waals surface area contributed by atoms with Crippen LogP contribution in [0.25, 0.3) is 0 Å². The van der Waals surface area contributed by atoms with Crippen LogP contribution < -0.4 is 10.6 Å². The fraction of sp³-hybridized carbons (Fsp3) is 0.235. The number of nitrogens with one attached hydrogen (secondary N) is 2. The summed E-state index contributed by atoms with van der Waals surface area (Å²) >= 11 is 3.18. The van der Waals surface area contributed by atoms with Crippen LogP contribution in [0, 0.1) is 6.92 Å². The van der Waals surface area contributed by atoms with Gasteiger partial charge in [0.2, 0.25) is 0 Å². The molecule has 2 aromatic rings. The van der Waals surface area contributed by atoms with Gasteiger partial charge in [-0.15, -0.1) is 0 Å². The van der Waals surface area contributed by atoms with Gasteiger partial charge in [-0.2, -0.15) is 0 Å². The molecule has 2 N–H and O–H groups in total. The first-order valence-electron chi connectivity index (χ1n) is 7.43. The minimum Gasteiger partial charge on any atom is -0.469 e. The number of carbonyl (C=O) groups excluding carboxylic acids is 3. The minimum atomic E-state index is -0.391. The van der Waals surface area contributed by atoms with Gasteiger partial charge >= 0.3 is 5.97 Å². The van der Waals surface area contributed by atoms with Gasteiger partial charge in [0.15, 0.2) is 10.4 Å². The first-order chi connectivity index (χ1) is 11.9. The van der Waals surface area contributed by atoms with Crippen LogP contribution in [-0.4, -0.2) is 31.4 Å². The molecule has 0 unspecified atom stereocenters. The van der Waals surface area contributed by atoms with Gasteiger partial charge in [0.25, 0.3) is 11.8 Å². The molecule has 8 heteroatoms. The predicted octanol–water partition coefficient (Wildman–Crippen LogP) is 2.90. The molecular formula is C17H17BrN2O5. The average molecular weight is 409 g/mol. The van der Waals surface area contributed by atoms with Crippen molar-refractivity contribution in [3.8, 4) is 0 Å². The number of esters is 1. The van der Waals surface area contributed by atoms with Gasteiger partial charge in [0.05, 0.1) is 13.5 Å². The van der Waals surface area contributed by atoms with E-state index in [9.17, 15) is 14.4 Å². The van der Waals surface area contributed by atoms with Crippen molar-refractivity contribution in [3.05, 3.63) is 51.9 Å². The fourth-order valence-corrected chi connectivity index (χ4v) is 2.55. The molecule has 2 amide bonds. The molecule has 132 valence electrons. The van der Waals surface area contributed by atoms with E-state index in [-0.39, 0.29) is 30.5 Å². The molecule has 1 heterocycles. The molecular weight excluding hydrogens is 392 g/mol. The summed E-state index contributed by atoms with van der Waals surface area (Å²) in [6.07, 6.45) is 0.106. The van der Waals surface area contributed by atoms with Gasteiger partial charge in [-0.3, -0.25) is 14.4 Å². The molecule has 0 saturated carbocycles. The van der Waals surface area contributed by atoms with Crippen molar-refractivity contribution in [1.29, 1.82) is 0 Å². The molecule has 0 bridgehead atoms. The third-order valence-electron chi connectivity index (χ3n) is 3.34. The van der Waals surface area contributed by atoms with E-state index in [0.29, 0.717) is 21.5 Å². The number of halogens is 1. The quantitative estimate of drug-likeness (QED) is 0.716. The largest absolute Gasteiger partial charge is 0.469 e. The molecule has 7 nitrogen and oxygen atoms in total. The van der Waals surface area contributed by atoms with Crippen molar-refractivity contribution in [1.82, 2.24) is 5.32 Å². The van der Waals surface area contributed by atoms with Gasteiger partial charge in [-0.1, -0.05) is 0 Å². The standard InChI is InChI=1S/C17H17BrN2O5/c1-10-9-13(18)25-15(10)17(23)20-12-5-3-11(4-6-12)16(22)19-8-7-14(21)24-2/h3-6,9H,7-8H2,1-2H3,(H,19,22)(H,20,23). The first-order valence-corrected chi connectivity index (χ1v) is 8.22. The maximum Gasteiger partial charge on any atom is 0.307 e. The Hall–Kier alpha value is -2.61. The van der Waals surface area contributed by atoms with Crippen LogP contribution >= 0.6 is 15.9 Å². The van der Waals surface area contributed by atoms with Crippen molar-refractivity contribution >= 4 is 39.4 Å². The molecule has 1 aromatic carbocycles. The number of ether oxygens (including phenoxy) is 1. The number of aryl methyl sites for hydroxylation is 1.